The number of cyclic esters (lactones) is 1. The number of esters is 1. The van der Waals surface area contributed by atoms with Gasteiger partial charge >= 0.3 is 5.97 Å². The summed E-state index contributed by atoms with van der Waals surface area (Å²) in [7, 11) is 0. The molecule has 1 aliphatic rings. The van der Waals surface area contributed by atoms with Crippen molar-refractivity contribution < 1.29 is 9.53 Å². The summed E-state index contributed by atoms with van der Waals surface area (Å²) < 4.78 is 5.29. The summed E-state index contributed by atoms with van der Waals surface area (Å²) in [6, 6.07) is 19.4. The van der Waals surface area contributed by atoms with E-state index in [0.717, 1.165) is 11.1 Å². The van der Waals surface area contributed by atoms with E-state index in [0.29, 0.717) is 12.1 Å². The van der Waals surface area contributed by atoms with E-state index in [2.05, 4.69) is 4.99 Å². The lowest BCUT2D eigenvalue weighted by molar-refractivity contribution is -0.138. The van der Waals surface area contributed by atoms with E-state index in [1.54, 1.807) is 0 Å². The Hall–Kier alpha value is -2.42. The van der Waals surface area contributed by atoms with Gasteiger partial charge in [0.25, 0.3) is 0 Å². The van der Waals surface area contributed by atoms with E-state index in [9.17, 15) is 4.79 Å². The van der Waals surface area contributed by atoms with Crippen molar-refractivity contribution in [3.05, 3.63) is 71.8 Å². The predicted molar refractivity (Wildman–Crippen MR) is 72.9 cm³/mol. The second-order valence-corrected chi connectivity index (χ2v) is 4.41. The van der Waals surface area contributed by atoms with Gasteiger partial charge in [-0.2, -0.15) is 0 Å². The Kier molecular flexibility index (Phi) is 3.11. The highest BCUT2D eigenvalue weighted by Gasteiger charge is 2.28. The summed E-state index contributed by atoms with van der Waals surface area (Å²) in [6.07, 6.45) is 0.0237. The molecular formula is C16H13NO2. The van der Waals surface area contributed by atoms with Gasteiger partial charge in [0.2, 0.25) is 6.23 Å². The fourth-order valence-corrected chi connectivity index (χ4v) is 2.06. The fourth-order valence-electron chi connectivity index (χ4n) is 2.06. The molecule has 0 saturated heterocycles. The number of rotatable bonds is 3. The van der Waals surface area contributed by atoms with E-state index < -0.39 is 6.23 Å². The van der Waals surface area contributed by atoms with Gasteiger partial charge in [-0.3, -0.25) is 0 Å². The summed E-state index contributed by atoms with van der Waals surface area (Å²) in [5.41, 5.74) is 2.45. The van der Waals surface area contributed by atoms with Crippen LogP contribution in [0.25, 0.3) is 0 Å². The number of benzene rings is 2. The molecule has 0 saturated carbocycles. The molecule has 1 aliphatic heterocycles. The summed E-state index contributed by atoms with van der Waals surface area (Å²) in [4.78, 5) is 16.2. The van der Waals surface area contributed by atoms with Crippen LogP contribution in [0.2, 0.25) is 0 Å². The molecule has 0 unspecified atom stereocenters. The quantitative estimate of drug-likeness (QED) is 0.787. The number of nitrogens with zero attached hydrogens (tertiary/aromatic N) is 1. The van der Waals surface area contributed by atoms with Crippen molar-refractivity contribution in [2.75, 3.05) is 0 Å². The zero-order valence-electron chi connectivity index (χ0n) is 10.3. The molecule has 0 fully saturated rings. The molecule has 3 heteroatoms. The SMILES string of the molecule is O=C1O[C@H](c2ccccc2)N=C1Cc1ccccc1. The molecule has 2 aromatic rings. The molecule has 0 bridgehead atoms. The molecule has 0 radical (unpaired) electrons. The number of carbonyl (C=O) groups excluding carboxylic acids is 1. The van der Waals surface area contributed by atoms with E-state index in [1.807, 2.05) is 60.7 Å². The van der Waals surface area contributed by atoms with Crippen LogP contribution in [0.15, 0.2) is 65.7 Å². The summed E-state index contributed by atoms with van der Waals surface area (Å²) in [5, 5.41) is 0. The lowest BCUT2D eigenvalue weighted by Gasteiger charge is -2.05. The third-order valence-electron chi connectivity index (χ3n) is 3.03. The van der Waals surface area contributed by atoms with Crippen LogP contribution in [-0.2, 0) is 16.0 Å². The minimum absolute atomic E-state index is 0.322. The van der Waals surface area contributed by atoms with Gasteiger partial charge in [-0.15, -0.1) is 0 Å². The molecule has 3 nitrogen and oxygen atoms in total. The van der Waals surface area contributed by atoms with Gasteiger partial charge in [-0.05, 0) is 5.56 Å². The first kappa shape index (κ1) is 11.7. The Morgan fingerprint density at radius 3 is 2.26 bits per heavy atom. The van der Waals surface area contributed by atoms with Gasteiger partial charge in [0.1, 0.15) is 5.71 Å². The summed E-state index contributed by atoms with van der Waals surface area (Å²) in [5.74, 6) is -0.322. The van der Waals surface area contributed by atoms with Crippen LogP contribution in [-0.4, -0.2) is 11.7 Å². The second kappa shape index (κ2) is 5.06. The third-order valence-corrected chi connectivity index (χ3v) is 3.03. The smallest absolute Gasteiger partial charge is 0.354 e. The molecule has 1 atom stereocenters. The Labute approximate surface area is 111 Å². The molecule has 0 aromatic heterocycles. The Morgan fingerprint density at radius 2 is 1.58 bits per heavy atom. The molecule has 94 valence electrons. The van der Waals surface area contributed by atoms with Gasteiger partial charge < -0.3 is 4.74 Å². The van der Waals surface area contributed by atoms with Crippen molar-refractivity contribution in [1.82, 2.24) is 0 Å². The van der Waals surface area contributed by atoms with Crippen LogP contribution in [0, 0.1) is 0 Å². The van der Waals surface area contributed by atoms with Crippen molar-refractivity contribution in [3.63, 3.8) is 0 Å². The Balaban J connectivity index is 1.81. The molecule has 2 aromatic carbocycles. The first-order valence-corrected chi connectivity index (χ1v) is 6.19. The van der Waals surface area contributed by atoms with Crippen molar-refractivity contribution in [1.29, 1.82) is 0 Å². The molecular weight excluding hydrogens is 238 g/mol. The zero-order chi connectivity index (χ0) is 13.1. The molecule has 0 aliphatic carbocycles. The molecule has 3 rings (SSSR count). The van der Waals surface area contributed by atoms with Crippen LogP contribution in [0.3, 0.4) is 0 Å². The van der Waals surface area contributed by atoms with Gasteiger partial charge in [-0.1, -0.05) is 60.7 Å². The minimum Gasteiger partial charge on any atom is -0.431 e. The van der Waals surface area contributed by atoms with Gasteiger partial charge in [0.15, 0.2) is 0 Å². The maximum Gasteiger partial charge on any atom is 0.354 e. The first-order valence-electron chi connectivity index (χ1n) is 6.19. The van der Waals surface area contributed by atoms with Crippen LogP contribution >= 0.6 is 0 Å². The maximum atomic E-state index is 11.8. The Bertz CT molecular complexity index is 605. The van der Waals surface area contributed by atoms with Crippen LogP contribution in [0.5, 0.6) is 0 Å². The summed E-state index contributed by atoms with van der Waals surface area (Å²) >= 11 is 0. The lowest BCUT2D eigenvalue weighted by Crippen LogP contribution is -2.13. The van der Waals surface area contributed by atoms with Crippen LogP contribution in [0.4, 0.5) is 0 Å². The highest BCUT2D eigenvalue weighted by Crippen LogP contribution is 2.25. The number of ether oxygens (including phenoxy) is 1. The van der Waals surface area contributed by atoms with Crippen molar-refractivity contribution >= 4 is 11.7 Å². The van der Waals surface area contributed by atoms with Crippen LogP contribution < -0.4 is 0 Å². The predicted octanol–water partition coefficient (Wildman–Crippen LogP) is 2.93. The third kappa shape index (κ3) is 2.55. The second-order valence-electron chi connectivity index (χ2n) is 4.41. The normalized spacial score (nSPS) is 18.0. The first-order chi connectivity index (χ1) is 9.33. The largest absolute Gasteiger partial charge is 0.431 e. The monoisotopic (exact) mass is 251 g/mol. The number of carbonyl (C=O) groups is 1. The van der Waals surface area contributed by atoms with E-state index >= 15 is 0 Å². The van der Waals surface area contributed by atoms with E-state index in [-0.39, 0.29) is 5.97 Å². The molecule has 1 heterocycles. The molecule has 0 spiro atoms. The average Bonchev–Trinajstić information content (AvgIpc) is 2.82. The fraction of sp³-hybridized carbons (Fsp3) is 0.125. The number of aliphatic imine (C=N–C) groups is 1. The zero-order valence-corrected chi connectivity index (χ0v) is 10.3. The molecule has 0 N–H and O–H groups in total. The maximum absolute atomic E-state index is 11.8. The highest BCUT2D eigenvalue weighted by molar-refractivity contribution is 6.38. The summed E-state index contributed by atoms with van der Waals surface area (Å²) in [6.45, 7) is 0. The van der Waals surface area contributed by atoms with Crippen molar-refractivity contribution in [3.8, 4) is 0 Å². The highest BCUT2D eigenvalue weighted by atomic mass is 16.6. The van der Waals surface area contributed by atoms with Crippen LogP contribution in [0.1, 0.15) is 17.4 Å². The van der Waals surface area contributed by atoms with E-state index in [1.165, 1.54) is 0 Å². The number of hydrogen-bond donors (Lipinski definition) is 0. The minimum atomic E-state index is -0.493. The van der Waals surface area contributed by atoms with Gasteiger partial charge in [0.05, 0.1) is 0 Å². The van der Waals surface area contributed by atoms with Crippen molar-refractivity contribution in [2.24, 2.45) is 4.99 Å². The van der Waals surface area contributed by atoms with Gasteiger partial charge in [0, 0.05) is 12.0 Å². The van der Waals surface area contributed by atoms with Crippen molar-refractivity contribution in [2.45, 2.75) is 12.6 Å². The Morgan fingerprint density at radius 1 is 0.947 bits per heavy atom. The number of hydrogen-bond acceptors (Lipinski definition) is 3. The molecule has 19 heavy (non-hydrogen) atoms. The van der Waals surface area contributed by atoms with Gasteiger partial charge in [-0.25, -0.2) is 9.79 Å². The standard InChI is InChI=1S/C16H13NO2/c18-16-14(11-12-7-3-1-4-8-12)17-15(19-16)13-9-5-2-6-10-13/h1-10,15H,11H2/t15-/m1/s1. The molecule has 0 amide bonds. The topological polar surface area (TPSA) is 38.7 Å². The average molecular weight is 251 g/mol. The lowest BCUT2D eigenvalue weighted by atomic mass is 10.1. The van der Waals surface area contributed by atoms with E-state index in [4.69, 9.17) is 4.74 Å².